The van der Waals surface area contributed by atoms with Gasteiger partial charge in [0.1, 0.15) is 11.6 Å². The van der Waals surface area contributed by atoms with Crippen LogP contribution in [0.5, 0.6) is 0 Å². The summed E-state index contributed by atoms with van der Waals surface area (Å²) >= 11 is 0. The SMILES string of the molecule is CCCN=C(NCCc1ccco1)NC1CCc2nc(CC)nn2C1.I. The number of aryl methyl sites for hydroxylation is 2. The van der Waals surface area contributed by atoms with Gasteiger partial charge in [0, 0.05) is 38.4 Å². The number of furan rings is 1. The Kier molecular flexibility index (Phi) is 8.40. The topological polar surface area (TPSA) is 80.3 Å². The minimum Gasteiger partial charge on any atom is -0.469 e. The van der Waals surface area contributed by atoms with E-state index in [0.29, 0.717) is 6.04 Å². The van der Waals surface area contributed by atoms with E-state index in [2.05, 4.69) is 39.6 Å². The minimum atomic E-state index is 0. The van der Waals surface area contributed by atoms with Gasteiger partial charge in [0.05, 0.1) is 12.8 Å². The Labute approximate surface area is 172 Å². The Morgan fingerprint density at radius 3 is 3.04 bits per heavy atom. The van der Waals surface area contributed by atoms with Crippen LogP contribution in [0.15, 0.2) is 27.8 Å². The molecule has 26 heavy (non-hydrogen) atoms. The molecule has 0 saturated heterocycles. The smallest absolute Gasteiger partial charge is 0.191 e. The molecular weight excluding hydrogens is 443 g/mol. The Hall–Kier alpha value is -1.58. The van der Waals surface area contributed by atoms with Crippen LogP contribution >= 0.6 is 24.0 Å². The molecule has 0 saturated carbocycles. The summed E-state index contributed by atoms with van der Waals surface area (Å²) in [6.07, 6.45) is 6.48. The van der Waals surface area contributed by atoms with Gasteiger partial charge in [-0.15, -0.1) is 24.0 Å². The summed E-state index contributed by atoms with van der Waals surface area (Å²) in [5.74, 6) is 3.90. The van der Waals surface area contributed by atoms with E-state index < -0.39 is 0 Å². The number of nitrogens with one attached hydrogen (secondary N) is 2. The molecule has 3 rings (SSSR count). The molecule has 1 aliphatic heterocycles. The average molecular weight is 472 g/mol. The Morgan fingerprint density at radius 1 is 1.42 bits per heavy atom. The van der Waals surface area contributed by atoms with Crippen molar-refractivity contribution >= 4 is 29.9 Å². The molecule has 0 bridgehead atoms. The molecule has 0 aromatic carbocycles. The number of guanidine groups is 1. The number of aromatic nitrogens is 3. The fraction of sp³-hybridized carbons (Fsp3) is 0.611. The summed E-state index contributed by atoms with van der Waals surface area (Å²) in [6.45, 7) is 6.68. The molecule has 2 aromatic rings. The molecule has 0 aliphatic carbocycles. The molecule has 0 spiro atoms. The van der Waals surface area contributed by atoms with Crippen molar-refractivity contribution in [2.75, 3.05) is 13.1 Å². The first-order valence-electron chi connectivity index (χ1n) is 9.28. The zero-order valence-electron chi connectivity index (χ0n) is 15.6. The highest BCUT2D eigenvalue weighted by Gasteiger charge is 2.22. The van der Waals surface area contributed by atoms with Crippen molar-refractivity contribution in [3.8, 4) is 0 Å². The van der Waals surface area contributed by atoms with Crippen molar-refractivity contribution in [3.63, 3.8) is 0 Å². The first kappa shape index (κ1) is 20.7. The maximum Gasteiger partial charge on any atom is 0.191 e. The van der Waals surface area contributed by atoms with Crippen LogP contribution in [0.1, 0.15) is 44.1 Å². The quantitative estimate of drug-likeness (QED) is 0.368. The lowest BCUT2D eigenvalue weighted by Crippen LogP contribution is -2.47. The summed E-state index contributed by atoms with van der Waals surface area (Å²) in [4.78, 5) is 9.23. The molecule has 1 atom stereocenters. The van der Waals surface area contributed by atoms with Gasteiger partial charge < -0.3 is 15.1 Å². The van der Waals surface area contributed by atoms with Gasteiger partial charge in [-0.2, -0.15) is 5.10 Å². The zero-order valence-corrected chi connectivity index (χ0v) is 17.9. The number of rotatable bonds is 7. The fourth-order valence-electron chi connectivity index (χ4n) is 2.96. The summed E-state index contributed by atoms with van der Waals surface area (Å²) < 4.78 is 7.42. The van der Waals surface area contributed by atoms with E-state index in [1.165, 1.54) is 0 Å². The number of fused-ring (bicyclic) bond motifs is 1. The number of hydrogen-bond donors (Lipinski definition) is 2. The second kappa shape index (κ2) is 10.5. The molecular formula is C18H29IN6O. The van der Waals surface area contributed by atoms with Crippen molar-refractivity contribution < 1.29 is 4.42 Å². The first-order chi connectivity index (χ1) is 12.3. The van der Waals surface area contributed by atoms with Gasteiger partial charge >= 0.3 is 0 Å². The third-order valence-electron chi connectivity index (χ3n) is 4.30. The lowest BCUT2D eigenvalue weighted by atomic mass is 10.1. The number of aliphatic imine (C=N–C) groups is 1. The van der Waals surface area contributed by atoms with Crippen molar-refractivity contribution in [1.29, 1.82) is 0 Å². The Morgan fingerprint density at radius 2 is 2.31 bits per heavy atom. The summed E-state index contributed by atoms with van der Waals surface area (Å²) in [5.41, 5.74) is 0. The maximum absolute atomic E-state index is 5.38. The van der Waals surface area contributed by atoms with E-state index in [1.54, 1.807) is 6.26 Å². The van der Waals surface area contributed by atoms with Crippen molar-refractivity contribution in [2.45, 2.75) is 58.5 Å². The summed E-state index contributed by atoms with van der Waals surface area (Å²) in [7, 11) is 0. The van der Waals surface area contributed by atoms with E-state index in [9.17, 15) is 0 Å². The van der Waals surface area contributed by atoms with Crippen LogP contribution in [0.3, 0.4) is 0 Å². The molecule has 2 aromatic heterocycles. The lowest BCUT2D eigenvalue weighted by Gasteiger charge is -2.25. The van der Waals surface area contributed by atoms with Gasteiger partial charge in [0.25, 0.3) is 0 Å². The van der Waals surface area contributed by atoms with Crippen LogP contribution in [-0.2, 0) is 25.8 Å². The highest BCUT2D eigenvalue weighted by Crippen LogP contribution is 2.13. The van der Waals surface area contributed by atoms with Crippen LogP contribution < -0.4 is 10.6 Å². The third kappa shape index (κ3) is 5.72. The largest absolute Gasteiger partial charge is 0.469 e. The monoisotopic (exact) mass is 472 g/mol. The molecule has 144 valence electrons. The molecule has 8 heteroatoms. The van der Waals surface area contributed by atoms with Crippen LogP contribution in [0.2, 0.25) is 0 Å². The summed E-state index contributed by atoms with van der Waals surface area (Å²) in [5, 5.41) is 11.6. The van der Waals surface area contributed by atoms with Gasteiger partial charge in [-0.1, -0.05) is 13.8 Å². The lowest BCUT2D eigenvalue weighted by molar-refractivity contribution is 0.391. The highest BCUT2D eigenvalue weighted by atomic mass is 127. The van der Waals surface area contributed by atoms with Gasteiger partial charge in [0.15, 0.2) is 11.8 Å². The fourth-order valence-corrected chi connectivity index (χ4v) is 2.96. The molecule has 0 amide bonds. The van der Waals surface area contributed by atoms with E-state index in [-0.39, 0.29) is 24.0 Å². The van der Waals surface area contributed by atoms with Gasteiger partial charge in [-0.3, -0.25) is 4.99 Å². The van der Waals surface area contributed by atoms with Crippen LogP contribution in [0.25, 0.3) is 0 Å². The minimum absolute atomic E-state index is 0. The van der Waals surface area contributed by atoms with E-state index in [0.717, 1.165) is 75.1 Å². The molecule has 1 unspecified atom stereocenters. The molecule has 0 fully saturated rings. The number of hydrogen-bond acceptors (Lipinski definition) is 4. The Bertz CT molecular complexity index is 682. The maximum atomic E-state index is 5.38. The van der Waals surface area contributed by atoms with Crippen molar-refractivity contribution in [3.05, 3.63) is 35.8 Å². The second-order valence-electron chi connectivity index (χ2n) is 6.35. The average Bonchev–Trinajstić information content (AvgIpc) is 3.28. The predicted molar refractivity (Wildman–Crippen MR) is 113 cm³/mol. The van der Waals surface area contributed by atoms with Crippen molar-refractivity contribution in [2.24, 2.45) is 4.99 Å². The molecule has 2 N–H and O–H groups in total. The molecule has 7 nitrogen and oxygen atoms in total. The normalized spacial score (nSPS) is 16.7. The zero-order chi connectivity index (χ0) is 17.5. The first-order valence-corrected chi connectivity index (χ1v) is 9.28. The van der Waals surface area contributed by atoms with E-state index >= 15 is 0 Å². The number of halogens is 1. The number of nitrogens with zero attached hydrogens (tertiary/aromatic N) is 4. The van der Waals surface area contributed by atoms with Crippen molar-refractivity contribution in [1.82, 2.24) is 25.4 Å². The van der Waals surface area contributed by atoms with E-state index in [4.69, 9.17) is 4.42 Å². The van der Waals surface area contributed by atoms with Crippen LogP contribution in [0.4, 0.5) is 0 Å². The molecule has 0 radical (unpaired) electrons. The molecule has 1 aliphatic rings. The standard InChI is InChI=1S/C18H28N6O.HI/c1-3-10-19-18(20-11-9-15-6-5-12-25-15)21-14-7-8-17-22-16(4-2)23-24(17)13-14;/h5-6,12,14H,3-4,7-11,13H2,1-2H3,(H2,19,20,21);1H. The highest BCUT2D eigenvalue weighted by molar-refractivity contribution is 14.0. The predicted octanol–water partition coefficient (Wildman–Crippen LogP) is 2.55. The van der Waals surface area contributed by atoms with Crippen LogP contribution in [-0.4, -0.2) is 39.9 Å². The van der Waals surface area contributed by atoms with E-state index in [1.807, 2.05) is 16.8 Å². The third-order valence-corrected chi connectivity index (χ3v) is 4.30. The Balaban J connectivity index is 0.00000243. The molecule has 3 heterocycles. The van der Waals surface area contributed by atoms with Gasteiger partial charge in [0.2, 0.25) is 0 Å². The van der Waals surface area contributed by atoms with Gasteiger partial charge in [-0.05, 0) is 25.0 Å². The van der Waals surface area contributed by atoms with Crippen LogP contribution in [0, 0.1) is 0 Å². The van der Waals surface area contributed by atoms with Gasteiger partial charge in [-0.25, -0.2) is 9.67 Å². The second-order valence-corrected chi connectivity index (χ2v) is 6.35. The summed E-state index contributed by atoms with van der Waals surface area (Å²) in [6, 6.07) is 4.24.